The number of aryl methyl sites for hydroxylation is 1. The molecule has 2 heterocycles. The molecule has 0 amide bonds. The van der Waals surface area contributed by atoms with Gasteiger partial charge < -0.3 is 10.5 Å². The number of esters is 1. The molecule has 0 aliphatic heterocycles. The summed E-state index contributed by atoms with van der Waals surface area (Å²) < 4.78 is 5.11. The van der Waals surface area contributed by atoms with E-state index in [1.807, 2.05) is 38.2 Å². The zero-order valence-corrected chi connectivity index (χ0v) is 17.0. The number of halogens is 1. The van der Waals surface area contributed by atoms with Crippen molar-refractivity contribution in [3.05, 3.63) is 51.1 Å². The van der Waals surface area contributed by atoms with Crippen LogP contribution in [0.1, 0.15) is 33.5 Å². The Bertz CT molecular complexity index is 972. The van der Waals surface area contributed by atoms with Crippen molar-refractivity contribution in [3.8, 4) is 0 Å². The van der Waals surface area contributed by atoms with Crippen LogP contribution < -0.4 is 5.73 Å². The van der Waals surface area contributed by atoms with Crippen molar-refractivity contribution in [3.63, 3.8) is 0 Å². The average molecular weight is 405 g/mol. The van der Waals surface area contributed by atoms with E-state index in [-0.39, 0.29) is 5.97 Å². The summed E-state index contributed by atoms with van der Waals surface area (Å²) in [5.41, 5.74) is 8.08. The van der Waals surface area contributed by atoms with E-state index in [2.05, 4.69) is 14.9 Å². The van der Waals surface area contributed by atoms with Crippen LogP contribution in [0.3, 0.4) is 0 Å². The fourth-order valence-electron chi connectivity index (χ4n) is 2.88. The van der Waals surface area contributed by atoms with Gasteiger partial charge in [-0.2, -0.15) is 0 Å². The third-order valence-electron chi connectivity index (χ3n) is 4.10. The Morgan fingerprint density at radius 2 is 1.96 bits per heavy atom. The Morgan fingerprint density at radius 1 is 1.26 bits per heavy atom. The number of rotatable bonds is 6. The number of hydrogen-bond acceptors (Lipinski definition) is 7. The van der Waals surface area contributed by atoms with Crippen LogP contribution in [0.4, 0.5) is 5.82 Å². The molecule has 0 aliphatic rings. The summed E-state index contributed by atoms with van der Waals surface area (Å²) >= 11 is 7.22. The first-order valence-electron chi connectivity index (χ1n) is 8.54. The van der Waals surface area contributed by atoms with Gasteiger partial charge in [-0.1, -0.05) is 23.7 Å². The van der Waals surface area contributed by atoms with Crippen LogP contribution in [0, 0.1) is 6.92 Å². The highest BCUT2D eigenvalue weighted by Gasteiger charge is 2.20. The molecule has 142 valence electrons. The molecular formula is C19H21ClN4O2S. The van der Waals surface area contributed by atoms with Crippen molar-refractivity contribution in [2.24, 2.45) is 0 Å². The normalized spacial score (nSPS) is 11.3. The number of carbonyl (C=O) groups excluding carboxylic acids is 1. The molecule has 0 radical (unpaired) electrons. The third kappa shape index (κ3) is 4.37. The number of fused-ring (bicyclic) bond motifs is 1. The SMILES string of the molecule is CCOC(=O)c1sc2nc(CN(C)Cc3ccc(Cl)cc3)nc(N)c2c1C. The van der Waals surface area contributed by atoms with Crippen LogP contribution in [0.25, 0.3) is 10.2 Å². The highest BCUT2D eigenvalue weighted by atomic mass is 35.5. The number of hydrogen-bond donors (Lipinski definition) is 1. The van der Waals surface area contributed by atoms with E-state index in [9.17, 15) is 4.79 Å². The largest absolute Gasteiger partial charge is 0.462 e. The molecule has 2 N–H and O–H groups in total. The number of benzene rings is 1. The molecule has 3 aromatic rings. The Labute approximate surface area is 166 Å². The van der Waals surface area contributed by atoms with Crippen molar-refractivity contribution in [2.75, 3.05) is 19.4 Å². The Balaban J connectivity index is 1.82. The van der Waals surface area contributed by atoms with Crippen LogP contribution in [-0.4, -0.2) is 34.5 Å². The number of nitrogens with two attached hydrogens (primary N) is 1. The van der Waals surface area contributed by atoms with Gasteiger partial charge in [-0.05, 0) is 44.2 Å². The molecule has 0 saturated heterocycles. The lowest BCUT2D eigenvalue weighted by atomic mass is 10.2. The molecule has 2 aromatic heterocycles. The van der Waals surface area contributed by atoms with Gasteiger partial charge >= 0.3 is 5.97 Å². The van der Waals surface area contributed by atoms with Gasteiger partial charge in [-0.3, -0.25) is 4.90 Å². The van der Waals surface area contributed by atoms with Crippen LogP contribution in [0.15, 0.2) is 24.3 Å². The molecule has 0 unspecified atom stereocenters. The molecule has 0 atom stereocenters. The van der Waals surface area contributed by atoms with E-state index in [1.165, 1.54) is 11.3 Å². The fourth-order valence-corrected chi connectivity index (χ4v) is 4.10. The number of anilines is 1. The Hall–Kier alpha value is -2.22. The minimum atomic E-state index is -0.348. The second-order valence-electron chi connectivity index (χ2n) is 6.28. The summed E-state index contributed by atoms with van der Waals surface area (Å²) in [5, 5.41) is 1.44. The molecular weight excluding hydrogens is 384 g/mol. The van der Waals surface area contributed by atoms with Gasteiger partial charge in [0.25, 0.3) is 0 Å². The number of carbonyl (C=O) groups is 1. The van der Waals surface area contributed by atoms with Gasteiger partial charge in [-0.25, -0.2) is 14.8 Å². The highest BCUT2D eigenvalue weighted by molar-refractivity contribution is 7.20. The summed E-state index contributed by atoms with van der Waals surface area (Å²) in [7, 11) is 1.99. The molecule has 6 nitrogen and oxygen atoms in total. The lowest BCUT2D eigenvalue weighted by molar-refractivity contribution is 0.0531. The van der Waals surface area contributed by atoms with Gasteiger partial charge in [0.2, 0.25) is 0 Å². The van der Waals surface area contributed by atoms with E-state index in [0.29, 0.717) is 39.5 Å². The standard InChI is InChI=1S/C19H21ClN4O2S/c1-4-26-19(25)16-11(2)15-17(21)22-14(23-18(15)27-16)10-24(3)9-12-5-7-13(20)8-6-12/h5-8H,4,9-10H2,1-3H3,(H2,21,22,23). The van der Waals surface area contributed by atoms with Crippen LogP contribution in [0.2, 0.25) is 5.02 Å². The highest BCUT2D eigenvalue weighted by Crippen LogP contribution is 2.33. The minimum absolute atomic E-state index is 0.328. The molecule has 27 heavy (non-hydrogen) atoms. The van der Waals surface area contributed by atoms with Crippen molar-refractivity contribution in [1.29, 1.82) is 0 Å². The number of aromatic nitrogens is 2. The first-order valence-corrected chi connectivity index (χ1v) is 9.74. The summed E-state index contributed by atoms with van der Waals surface area (Å²) in [6, 6.07) is 7.73. The predicted molar refractivity (Wildman–Crippen MR) is 109 cm³/mol. The summed E-state index contributed by atoms with van der Waals surface area (Å²) in [4.78, 5) is 24.5. The van der Waals surface area contributed by atoms with E-state index in [1.54, 1.807) is 6.92 Å². The quantitative estimate of drug-likeness (QED) is 0.624. The van der Waals surface area contributed by atoms with E-state index in [4.69, 9.17) is 22.1 Å². The monoisotopic (exact) mass is 404 g/mol. The maximum atomic E-state index is 12.1. The summed E-state index contributed by atoms with van der Waals surface area (Å²) in [6.45, 7) is 5.22. The molecule has 0 saturated carbocycles. The van der Waals surface area contributed by atoms with E-state index in [0.717, 1.165) is 23.1 Å². The number of thiophene rings is 1. The van der Waals surface area contributed by atoms with Crippen molar-refractivity contribution < 1.29 is 9.53 Å². The first-order chi connectivity index (χ1) is 12.9. The van der Waals surface area contributed by atoms with Crippen molar-refractivity contribution in [1.82, 2.24) is 14.9 Å². The first kappa shape index (κ1) is 19.5. The van der Waals surface area contributed by atoms with Gasteiger partial charge in [0.1, 0.15) is 21.3 Å². The van der Waals surface area contributed by atoms with Gasteiger partial charge in [0, 0.05) is 11.6 Å². The minimum Gasteiger partial charge on any atom is -0.462 e. The molecule has 0 fully saturated rings. The van der Waals surface area contributed by atoms with Crippen molar-refractivity contribution in [2.45, 2.75) is 26.9 Å². The smallest absolute Gasteiger partial charge is 0.348 e. The second-order valence-corrected chi connectivity index (χ2v) is 7.72. The lowest BCUT2D eigenvalue weighted by Gasteiger charge is -2.16. The van der Waals surface area contributed by atoms with Crippen LogP contribution in [0.5, 0.6) is 0 Å². The number of nitrogens with zero attached hydrogens (tertiary/aromatic N) is 3. The summed E-state index contributed by atoms with van der Waals surface area (Å²) in [6.07, 6.45) is 0. The predicted octanol–water partition coefficient (Wildman–Crippen LogP) is 4.04. The molecule has 0 bridgehead atoms. The molecule has 8 heteroatoms. The molecule has 3 rings (SSSR count). The van der Waals surface area contributed by atoms with E-state index >= 15 is 0 Å². The summed E-state index contributed by atoms with van der Waals surface area (Å²) in [5.74, 6) is 0.658. The molecule has 0 spiro atoms. The van der Waals surface area contributed by atoms with Crippen LogP contribution in [-0.2, 0) is 17.8 Å². The fraction of sp³-hybridized carbons (Fsp3) is 0.316. The van der Waals surface area contributed by atoms with Gasteiger partial charge in [0.05, 0.1) is 18.5 Å². The van der Waals surface area contributed by atoms with Gasteiger partial charge in [-0.15, -0.1) is 11.3 Å². The number of ether oxygens (including phenoxy) is 1. The zero-order valence-electron chi connectivity index (χ0n) is 15.5. The maximum absolute atomic E-state index is 12.1. The van der Waals surface area contributed by atoms with Gasteiger partial charge in [0.15, 0.2) is 0 Å². The number of nitrogen functional groups attached to an aromatic ring is 1. The van der Waals surface area contributed by atoms with Crippen LogP contribution >= 0.6 is 22.9 Å². The molecule has 1 aromatic carbocycles. The third-order valence-corrected chi connectivity index (χ3v) is 5.52. The Kier molecular flexibility index (Phi) is 5.94. The zero-order chi connectivity index (χ0) is 19.6. The lowest BCUT2D eigenvalue weighted by Crippen LogP contribution is -2.19. The van der Waals surface area contributed by atoms with E-state index < -0.39 is 0 Å². The topological polar surface area (TPSA) is 81.3 Å². The van der Waals surface area contributed by atoms with Crippen molar-refractivity contribution >= 4 is 44.9 Å². The molecule has 0 aliphatic carbocycles. The Morgan fingerprint density at radius 3 is 2.63 bits per heavy atom. The maximum Gasteiger partial charge on any atom is 0.348 e. The second kappa shape index (κ2) is 8.21. The average Bonchev–Trinajstić information content (AvgIpc) is 2.94.